The maximum Gasteiger partial charge on any atom is 0.161 e. The van der Waals surface area contributed by atoms with Crippen molar-refractivity contribution in [2.24, 2.45) is 0 Å². The van der Waals surface area contributed by atoms with Crippen LogP contribution < -0.4 is 0 Å². The predicted molar refractivity (Wildman–Crippen MR) is 70.6 cm³/mol. The molecule has 3 rings (SSSR count). The maximum absolute atomic E-state index is 8.94. The van der Waals surface area contributed by atoms with Crippen LogP contribution in [0.5, 0.6) is 0 Å². The van der Waals surface area contributed by atoms with E-state index in [1.165, 1.54) is 10.9 Å². The molecule has 0 unspecified atom stereocenters. The van der Waals surface area contributed by atoms with Crippen LogP contribution >= 0.6 is 0 Å². The van der Waals surface area contributed by atoms with Gasteiger partial charge in [-0.1, -0.05) is 12.1 Å². The Morgan fingerprint density at radius 2 is 2.00 bits per heavy atom. The highest BCUT2D eigenvalue weighted by Gasteiger charge is 2.08. The highest BCUT2D eigenvalue weighted by Crippen LogP contribution is 2.19. The lowest BCUT2D eigenvalue weighted by Crippen LogP contribution is -1.98. The molecular weight excluding hydrogens is 226 g/mol. The Balaban J connectivity index is 2.29. The number of benzene rings is 1. The van der Waals surface area contributed by atoms with Gasteiger partial charge >= 0.3 is 0 Å². The Morgan fingerprint density at radius 3 is 2.83 bits per heavy atom. The molecule has 4 nitrogen and oxygen atoms in total. The molecule has 4 heteroatoms. The largest absolute Gasteiger partial charge is 0.396 e. The van der Waals surface area contributed by atoms with Gasteiger partial charge in [-0.05, 0) is 42.5 Å². The molecule has 0 saturated carbocycles. The molecule has 3 aromatic rings. The van der Waals surface area contributed by atoms with Gasteiger partial charge in [0.15, 0.2) is 5.65 Å². The van der Waals surface area contributed by atoms with E-state index < -0.39 is 0 Å². The Hall–Kier alpha value is -1.94. The lowest BCUT2D eigenvalue weighted by atomic mass is 10.1. The number of aliphatic hydroxyl groups is 1. The van der Waals surface area contributed by atoms with Gasteiger partial charge in [0.2, 0.25) is 0 Å². The Morgan fingerprint density at radius 1 is 1.17 bits per heavy atom. The molecular formula is C14H15N3O. The van der Waals surface area contributed by atoms with Crippen molar-refractivity contribution >= 4 is 16.6 Å². The summed E-state index contributed by atoms with van der Waals surface area (Å²) in [7, 11) is 0. The molecule has 0 atom stereocenters. The lowest BCUT2D eigenvalue weighted by molar-refractivity contribution is 0.287. The number of hydrogen-bond donors (Lipinski definition) is 1. The summed E-state index contributed by atoms with van der Waals surface area (Å²) in [5.74, 6) is 0.912. The van der Waals surface area contributed by atoms with E-state index in [9.17, 15) is 0 Å². The van der Waals surface area contributed by atoms with Crippen LogP contribution in [0, 0.1) is 6.92 Å². The summed E-state index contributed by atoms with van der Waals surface area (Å²) in [6, 6.07) is 10.4. The smallest absolute Gasteiger partial charge is 0.161 e. The second kappa shape index (κ2) is 4.38. The number of rotatable bonds is 3. The van der Waals surface area contributed by atoms with E-state index in [0.29, 0.717) is 6.42 Å². The standard InChI is InChI=1S/C14H15N3O/c1-10-4-5-11-6-7-14-16-15-13(3-2-8-18)17(14)12(11)9-10/h4-7,9,18H,2-3,8H2,1H3. The van der Waals surface area contributed by atoms with Crippen LogP contribution in [0.25, 0.3) is 16.6 Å². The monoisotopic (exact) mass is 241 g/mol. The van der Waals surface area contributed by atoms with Crippen molar-refractivity contribution in [2.45, 2.75) is 19.8 Å². The van der Waals surface area contributed by atoms with E-state index in [0.717, 1.165) is 23.4 Å². The minimum Gasteiger partial charge on any atom is -0.396 e. The molecule has 1 aromatic carbocycles. The van der Waals surface area contributed by atoms with Gasteiger partial charge in [-0.15, -0.1) is 10.2 Å². The average Bonchev–Trinajstić information content (AvgIpc) is 2.79. The zero-order valence-electron chi connectivity index (χ0n) is 10.3. The third-order valence-corrected chi connectivity index (χ3v) is 3.15. The van der Waals surface area contributed by atoms with Crippen LogP contribution in [-0.4, -0.2) is 26.3 Å². The van der Waals surface area contributed by atoms with E-state index in [-0.39, 0.29) is 6.61 Å². The second-order valence-electron chi connectivity index (χ2n) is 4.53. The molecule has 0 fully saturated rings. The SMILES string of the molecule is Cc1ccc2ccc3nnc(CCCO)n3c2c1. The number of nitrogens with zero attached hydrogens (tertiary/aromatic N) is 3. The minimum atomic E-state index is 0.179. The van der Waals surface area contributed by atoms with Crippen molar-refractivity contribution in [3.8, 4) is 0 Å². The van der Waals surface area contributed by atoms with E-state index in [1.54, 1.807) is 0 Å². The number of aliphatic hydroxyl groups excluding tert-OH is 1. The van der Waals surface area contributed by atoms with Gasteiger partial charge in [0, 0.05) is 13.0 Å². The van der Waals surface area contributed by atoms with Crippen LogP contribution in [0.4, 0.5) is 0 Å². The summed E-state index contributed by atoms with van der Waals surface area (Å²) in [6.45, 7) is 2.26. The van der Waals surface area contributed by atoms with Crippen molar-refractivity contribution in [1.29, 1.82) is 0 Å². The van der Waals surface area contributed by atoms with E-state index in [4.69, 9.17) is 5.11 Å². The maximum atomic E-state index is 8.94. The normalized spacial score (nSPS) is 11.4. The molecule has 0 radical (unpaired) electrons. The molecule has 18 heavy (non-hydrogen) atoms. The van der Waals surface area contributed by atoms with Gasteiger partial charge in [-0.2, -0.15) is 0 Å². The van der Waals surface area contributed by atoms with Crippen molar-refractivity contribution in [2.75, 3.05) is 6.61 Å². The number of pyridine rings is 1. The first kappa shape index (κ1) is 11.2. The summed E-state index contributed by atoms with van der Waals surface area (Å²) in [5, 5.41) is 18.5. The van der Waals surface area contributed by atoms with Crippen LogP contribution in [0.15, 0.2) is 30.3 Å². The highest BCUT2D eigenvalue weighted by atomic mass is 16.2. The second-order valence-corrected chi connectivity index (χ2v) is 4.53. The zero-order valence-corrected chi connectivity index (χ0v) is 10.3. The Labute approximate surface area is 105 Å². The van der Waals surface area contributed by atoms with Crippen LogP contribution in [0.1, 0.15) is 17.8 Å². The first-order chi connectivity index (χ1) is 8.79. The van der Waals surface area contributed by atoms with E-state index >= 15 is 0 Å². The summed E-state index contributed by atoms with van der Waals surface area (Å²) in [5.41, 5.74) is 3.21. The summed E-state index contributed by atoms with van der Waals surface area (Å²) in [6.07, 6.45) is 1.45. The fraction of sp³-hybridized carbons (Fsp3) is 0.286. The van der Waals surface area contributed by atoms with Crippen molar-refractivity contribution < 1.29 is 5.11 Å². The van der Waals surface area contributed by atoms with Crippen LogP contribution in [0.3, 0.4) is 0 Å². The third kappa shape index (κ3) is 1.75. The molecule has 0 amide bonds. The molecule has 1 N–H and O–H groups in total. The quantitative estimate of drug-likeness (QED) is 0.764. The fourth-order valence-corrected chi connectivity index (χ4v) is 2.25. The summed E-state index contributed by atoms with van der Waals surface area (Å²) < 4.78 is 2.08. The molecule has 0 aliphatic heterocycles. The molecule has 0 aliphatic carbocycles. The molecule has 0 bridgehead atoms. The third-order valence-electron chi connectivity index (χ3n) is 3.15. The Kier molecular flexibility index (Phi) is 2.72. The van der Waals surface area contributed by atoms with Gasteiger partial charge in [-0.3, -0.25) is 4.40 Å². The first-order valence-electron chi connectivity index (χ1n) is 6.14. The lowest BCUT2D eigenvalue weighted by Gasteiger charge is -2.05. The first-order valence-corrected chi connectivity index (χ1v) is 6.14. The number of fused-ring (bicyclic) bond motifs is 3. The molecule has 2 aromatic heterocycles. The number of hydrogen-bond acceptors (Lipinski definition) is 3. The predicted octanol–water partition coefficient (Wildman–Crippen LogP) is 2.12. The van der Waals surface area contributed by atoms with Crippen molar-refractivity contribution in [3.05, 3.63) is 41.7 Å². The van der Waals surface area contributed by atoms with Crippen molar-refractivity contribution in [1.82, 2.24) is 14.6 Å². The van der Waals surface area contributed by atoms with E-state index in [1.807, 2.05) is 6.07 Å². The molecule has 0 aliphatic rings. The van der Waals surface area contributed by atoms with Gasteiger partial charge < -0.3 is 5.11 Å². The topological polar surface area (TPSA) is 50.4 Å². The highest BCUT2D eigenvalue weighted by molar-refractivity contribution is 5.82. The van der Waals surface area contributed by atoms with Crippen LogP contribution in [-0.2, 0) is 6.42 Å². The average molecular weight is 241 g/mol. The fourth-order valence-electron chi connectivity index (χ4n) is 2.25. The molecule has 0 saturated heterocycles. The zero-order chi connectivity index (χ0) is 12.5. The van der Waals surface area contributed by atoms with Crippen molar-refractivity contribution in [3.63, 3.8) is 0 Å². The van der Waals surface area contributed by atoms with Gasteiger partial charge in [0.1, 0.15) is 5.82 Å². The number of aryl methyl sites for hydroxylation is 2. The van der Waals surface area contributed by atoms with Gasteiger partial charge in [0.05, 0.1) is 5.52 Å². The van der Waals surface area contributed by atoms with Crippen LogP contribution in [0.2, 0.25) is 0 Å². The summed E-state index contributed by atoms with van der Waals surface area (Å²) in [4.78, 5) is 0. The molecule has 92 valence electrons. The van der Waals surface area contributed by atoms with Gasteiger partial charge in [-0.25, -0.2) is 0 Å². The van der Waals surface area contributed by atoms with Gasteiger partial charge in [0.25, 0.3) is 0 Å². The minimum absolute atomic E-state index is 0.179. The molecule has 2 heterocycles. The Bertz CT molecular complexity index is 703. The number of aromatic nitrogens is 3. The summed E-state index contributed by atoms with van der Waals surface area (Å²) >= 11 is 0. The van der Waals surface area contributed by atoms with E-state index in [2.05, 4.69) is 45.8 Å². The molecule has 0 spiro atoms.